The molecule has 0 saturated carbocycles. The van der Waals surface area contributed by atoms with E-state index in [-0.39, 0.29) is 18.1 Å². The Bertz CT molecular complexity index is 450. The number of hydrogen-bond acceptors (Lipinski definition) is 2. The topological polar surface area (TPSA) is 29.5 Å². The molecule has 0 bridgehead atoms. The van der Waals surface area contributed by atoms with E-state index in [4.69, 9.17) is 4.74 Å². The first-order valence-electron chi connectivity index (χ1n) is 6.63. The first-order chi connectivity index (χ1) is 9.11. The highest BCUT2D eigenvalue weighted by Gasteiger charge is 2.29. The van der Waals surface area contributed by atoms with Gasteiger partial charge in [0, 0.05) is 11.9 Å². The predicted octanol–water partition coefficient (Wildman–Crippen LogP) is 2.55. The molecule has 1 saturated heterocycles. The zero-order valence-electron chi connectivity index (χ0n) is 11.4. The van der Waals surface area contributed by atoms with E-state index in [9.17, 15) is 4.79 Å². The number of rotatable bonds is 3. The van der Waals surface area contributed by atoms with Gasteiger partial charge in [0.1, 0.15) is 0 Å². The Kier molecular flexibility index (Phi) is 4.99. The number of carbonyl (C=O) groups is 1. The molecule has 19 heavy (non-hydrogen) atoms. The molecule has 0 spiro atoms. The first-order valence-corrected chi connectivity index (χ1v) is 7.75. The van der Waals surface area contributed by atoms with Gasteiger partial charge in [0.15, 0.2) is 0 Å². The quantitative estimate of drug-likeness (QED) is 0.799. The number of hydrogen-bond donors (Lipinski definition) is 0. The van der Waals surface area contributed by atoms with Gasteiger partial charge in [-0.15, -0.1) is 0 Å². The van der Waals surface area contributed by atoms with Gasteiger partial charge in [0.05, 0.1) is 25.2 Å². The molecule has 1 amide bonds. The van der Waals surface area contributed by atoms with E-state index >= 15 is 0 Å². The molecule has 2 unspecified atom stereocenters. The van der Waals surface area contributed by atoms with Crippen LogP contribution in [0, 0.1) is 6.92 Å². The van der Waals surface area contributed by atoms with Crippen LogP contribution in [0.25, 0.3) is 0 Å². The standard InChI is InChI=1S/C15H20BrNO2/c1-11-5-3-4-6-13(11)7-15(18)17-9-14(8-16)19-10-12(17)2/h3-6,12,14H,7-10H2,1-2H3. The van der Waals surface area contributed by atoms with Gasteiger partial charge < -0.3 is 9.64 Å². The molecular formula is C15H20BrNO2. The normalized spacial score (nSPS) is 23.4. The number of benzene rings is 1. The molecule has 1 aliphatic heterocycles. The Morgan fingerprint density at radius 3 is 2.89 bits per heavy atom. The second kappa shape index (κ2) is 6.53. The van der Waals surface area contributed by atoms with Crippen LogP contribution >= 0.6 is 15.9 Å². The minimum atomic E-state index is 0.108. The summed E-state index contributed by atoms with van der Waals surface area (Å²) >= 11 is 3.42. The van der Waals surface area contributed by atoms with Crippen molar-refractivity contribution in [2.75, 3.05) is 18.5 Å². The Hall–Kier alpha value is -0.870. The van der Waals surface area contributed by atoms with Crippen LogP contribution in [0.15, 0.2) is 24.3 Å². The van der Waals surface area contributed by atoms with Crippen LogP contribution < -0.4 is 0 Å². The molecule has 104 valence electrons. The van der Waals surface area contributed by atoms with E-state index in [2.05, 4.69) is 15.9 Å². The third-order valence-electron chi connectivity index (χ3n) is 3.60. The largest absolute Gasteiger partial charge is 0.373 e. The van der Waals surface area contributed by atoms with E-state index in [1.165, 1.54) is 5.56 Å². The van der Waals surface area contributed by atoms with Crippen LogP contribution in [0.1, 0.15) is 18.1 Å². The van der Waals surface area contributed by atoms with Crippen LogP contribution in [0.2, 0.25) is 0 Å². The lowest BCUT2D eigenvalue weighted by molar-refractivity contribution is -0.142. The Morgan fingerprint density at radius 1 is 1.47 bits per heavy atom. The molecule has 3 nitrogen and oxygen atoms in total. The lowest BCUT2D eigenvalue weighted by atomic mass is 10.0. The third-order valence-corrected chi connectivity index (χ3v) is 4.32. The summed E-state index contributed by atoms with van der Waals surface area (Å²) in [6, 6.07) is 8.22. The Labute approximate surface area is 123 Å². The van der Waals surface area contributed by atoms with Gasteiger partial charge in [-0.3, -0.25) is 4.79 Å². The van der Waals surface area contributed by atoms with Crippen LogP contribution in [0.4, 0.5) is 0 Å². The summed E-state index contributed by atoms with van der Waals surface area (Å²) in [5, 5.41) is 0.772. The van der Waals surface area contributed by atoms with Gasteiger partial charge in [0.25, 0.3) is 0 Å². The van der Waals surface area contributed by atoms with Crippen molar-refractivity contribution >= 4 is 21.8 Å². The van der Waals surface area contributed by atoms with Crippen molar-refractivity contribution in [2.24, 2.45) is 0 Å². The maximum atomic E-state index is 12.4. The van der Waals surface area contributed by atoms with Gasteiger partial charge in [-0.05, 0) is 25.0 Å². The number of carbonyl (C=O) groups excluding carboxylic acids is 1. The third kappa shape index (κ3) is 3.57. The van der Waals surface area contributed by atoms with Crippen molar-refractivity contribution in [3.63, 3.8) is 0 Å². The number of alkyl halides is 1. The van der Waals surface area contributed by atoms with Gasteiger partial charge in [0.2, 0.25) is 5.91 Å². The summed E-state index contributed by atoms with van der Waals surface area (Å²) < 4.78 is 5.65. The van der Waals surface area contributed by atoms with E-state index in [0.29, 0.717) is 19.6 Å². The fraction of sp³-hybridized carbons (Fsp3) is 0.533. The van der Waals surface area contributed by atoms with Crippen molar-refractivity contribution < 1.29 is 9.53 Å². The number of amides is 1. The smallest absolute Gasteiger partial charge is 0.227 e. The maximum absolute atomic E-state index is 12.4. The lowest BCUT2D eigenvalue weighted by Gasteiger charge is -2.37. The molecule has 1 aromatic carbocycles. The van der Waals surface area contributed by atoms with Gasteiger partial charge in [-0.1, -0.05) is 40.2 Å². The molecule has 0 radical (unpaired) electrons. The minimum absolute atomic E-state index is 0.108. The van der Waals surface area contributed by atoms with Crippen molar-refractivity contribution in [2.45, 2.75) is 32.4 Å². The number of nitrogens with zero attached hydrogens (tertiary/aromatic N) is 1. The molecule has 0 aliphatic carbocycles. The van der Waals surface area contributed by atoms with Crippen LogP contribution in [-0.2, 0) is 16.0 Å². The first kappa shape index (κ1) is 14.5. The molecule has 2 atom stereocenters. The highest BCUT2D eigenvalue weighted by atomic mass is 79.9. The second-order valence-corrected chi connectivity index (χ2v) is 5.76. The maximum Gasteiger partial charge on any atom is 0.227 e. The highest BCUT2D eigenvalue weighted by molar-refractivity contribution is 9.09. The average Bonchev–Trinajstić information content (AvgIpc) is 2.42. The van der Waals surface area contributed by atoms with Gasteiger partial charge in [-0.2, -0.15) is 0 Å². The summed E-state index contributed by atoms with van der Waals surface area (Å²) in [6.45, 7) is 5.39. The van der Waals surface area contributed by atoms with Crippen molar-refractivity contribution in [1.29, 1.82) is 0 Å². The SMILES string of the molecule is Cc1ccccc1CC(=O)N1CC(CBr)OCC1C. The van der Waals surface area contributed by atoms with Crippen molar-refractivity contribution in [1.82, 2.24) is 4.90 Å². The Morgan fingerprint density at radius 2 is 2.21 bits per heavy atom. The summed E-state index contributed by atoms with van der Waals surface area (Å²) in [5.41, 5.74) is 2.29. The monoisotopic (exact) mass is 325 g/mol. The van der Waals surface area contributed by atoms with Crippen molar-refractivity contribution in [3.05, 3.63) is 35.4 Å². The summed E-state index contributed by atoms with van der Waals surface area (Å²) in [7, 11) is 0. The predicted molar refractivity (Wildman–Crippen MR) is 79.6 cm³/mol. The number of ether oxygens (including phenoxy) is 1. The fourth-order valence-electron chi connectivity index (χ4n) is 2.33. The lowest BCUT2D eigenvalue weighted by Crippen LogP contribution is -2.52. The van der Waals surface area contributed by atoms with E-state index in [1.54, 1.807) is 0 Å². The number of halogens is 1. The summed E-state index contributed by atoms with van der Waals surface area (Å²) in [6.07, 6.45) is 0.587. The molecule has 1 heterocycles. The average molecular weight is 326 g/mol. The molecule has 4 heteroatoms. The Balaban J connectivity index is 2.04. The van der Waals surface area contributed by atoms with Crippen LogP contribution in [-0.4, -0.2) is 41.4 Å². The summed E-state index contributed by atoms with van der Waals surface area (Å²) in [5.74, 6) is 0.191. The van der Waals surface area contributed by atoms with E-state index in [1.807, 2.05) is 43.0 Å². The fourth-order valence-corrected chi connectivity index (χ4v) is 2.72. The molecular weight excluding hydrogens is 306 g/mol. The second-order valence-electron chi connectivity index (χ2n) is 5.11. The van der Waals surface area contributed by atoms with Gasteiger partial charge >= 0.3 is 0 Å². The summed E-state index contributed by atoms with van der Waals surface area (Å²) in [4.78, 5) is 14.4. The zero-order chi connectivity index (χ0) is 13.8. The number of aryl methyl sites for hydroxylation is 1. The minimum Gasteiger partial charge on any atom is -0.373 e. The molecule has 0 N–H and O–H groups in total. The van der Waals surface area contributed by atoms with Crippen molar-refractivity contribution in [3.8, 4) is 0 Å². The molecule has 1 aliphatic rings. The molecule has 2 rings (SSSR count). The molecule has 1 aromatic rings. The molecule has 1 fully saturated rings. The van der Waals surface area contributed by atoms with E-state index < -0.39 is 0 Å². The van der Waals surface area contributed by atoms with E-state index in [0.717, 1.165) is 10.9 Å². The van der Waals surface area contributed by atoms with Gasteiger partial charge in [-0.25, -0.2) is 0 Å². The van der Waals surface area contributed by atoms with Crippen LogP contribution in [0.3, 0.4) is 0 Å². The highest BCUT2D eigenvalue weighted by Crippen LogP contribution is 2.16. The van der Waals surface area contributed by atoms with Crippen LogP contribution in [0.5, 0.6) is 0 Å². The molecule has 0 aromatic heterocycles. The zero-order valence-corrected chi connectivity index (χ0v) is 13.0. The number of morpholine rings is 1.